The molecule has 0 aromatic heterocycles. The van der Waals surface area contributed by atoms with E-state index in [1.54, 1.807) is 13.8 Å². The first kappa shape index (κ1) is 19.8. The lowest BCUT2D eigenvalue weighted by Crippen LogP contribution is -2.46. The predicted octanol–water partition coefficient (Wildman–Crippen LogP) is 4.00. The predicted molar refractivity (Wildman–Crippen MR) is 114 cm³/mol. The van der Waals surface area contributed by atoms with Gasteiger partial charge in [-0.25, -0.2) is 0 Å². The minimum atomic E-state index is -0.847. The molecule has 0 aliphatic carbocycles. The van der Waals surface area contributed by atoms with Crippen molar-refractivity contribution in [3.8, 4) is 5.75 Å². The van der Waals surface area contributed by atoms with Crippen LogP contribution in [0.25, 0.3) is 10.8 Å². The maximum atomic E-state index is 12.7. The topological polar surface area (TPSA) is 102 Å². The number of aliphatic hydroxyl groups is 1. The Labute approximate surface area is 173 Å². The highest BCUT2D eigenvalue weighted by atomic mass is 16.6. The van der Waals surface area contributed by atoms with Gasteiger partial charge in [-0.1, -0.05) is 42.5 Å². The van der Waals surface area contributed by atoms with Gasteiger partial charge in [0, 0.05) is 6.42 Å². The molecule has 154 valence electrons. The number of rotatable bonds is 4. The molecule has 0 bridgehead atoms. The van der Waals surface area contributed by atoms with Gasteiger partial charge < -0.3 is 15.2 Å². The smallest absolute Gasteiger partial charge is 0.296 e. The summed E-state index contributed by atoms with van der Waals surface area (Å²) in [5.41, 5.74) is 0.464. The van der Waals surface area contributed by atoms with Gasteiger partial charge in [-0.15, -0.1) is 0 Å². The number of benzene rings is 3. The molecule has 0 saturated carbocycles. The van der Waals surface area contributed by atoms with Gasteiger partial charge in [0.1, 0.15) is 17.0 Å². The van der Waals surface area contributed by atoms with Gasteiger partial charge in [0.15, 0.2) is 0 Å². The van der Waals surface area contributed by atoms with Crippen LogP contribution in [0.15, 0.2) is 54.6 Å². The summed E-state index contributed by atoms with van der Waals surface area (Å²) in [6, 6.07) is 16.3. The number of fused-ring (bicyclic) bond motifs is 2. The molecule has 7 heteroatoms. The van der Waals surface area contributed by atoms with Crippen molar-refractivity contribution in [3.63, 3.8) is 0 Å². The second-order valence-electron chi connectivity index (χ2n) is 8.02. The van der Waals surface area contributed by atoms with E-state index in [1.165, 1.54) is 12.1 Å². The number of hydrogen-bond donors (Lipinski definition) is 2. The molecule has 4 rings (SSSR count). The van der Waals surface area contributed by atoms with Crippen LogP contribution in [0.4, 0.5) is 11.4 Å². The molecule has 7 nitrogen and oxygen atoms in total. The quantitative estimate of drug-likeness (QED) is 0.504. The highest BCUT2D eigenvalue weighted by Crippen LogP contribution is 2.39. The fourth-order valence-corrected chi connectivity index (χ4v) is 3.74. The van der Waals surface area contributed by atoms with Crippen molar-refractivity contribution in [2.45, 2.75) is 38.4 Å². The zero-order valence-corrected chi connectivity index (χ0v) is 16.7. The van der Waals surface area contributed by atoms with Crippen molar-refractivity contribution in [1.29, 1.82) is 0 Å². The Balaban J connectivity index is 1.63. The summed E-state index contributed by atoms with van der Waals surface area (Å²) in [6.07, 6.45) is -0.389. The van der Waals surface area contributed by atoms with Crippen LogP contribution in [-0.4, -0.2) is 27.6 Å². The first-order chi connectivity index (χ1) is 14.2. The Morgan fingerprint density at radius 2 is 1.97 bits per heavy atom. The van der Waals surface area contributed by atoms with E-state index < -0.39 is 16.6 Å². The van der Waals surface area contributed by atoms with Gasteiger partial charge >= 0.3 is 0 Å². The van der Waals surface area contributed by atoms with Crippen LogP contribution in [0.1, 0.15) is 25.0 Å². The molecule has 3 aromatic rings. The van der Waals surface area contributed by atoms with E-state index in [-0.39, 0.29) is 30.1 Å². The fraction of sp³-hybridized carbons (Fsp3) is 0.261. The van der Waals surface area contributed by atoms with Crippen LogP contribution >= 0.6 is 0 Å². The average Bonchev–Trinajstić information content (AvgIpc) is 2.69. The molecule has 0 spiro atoms. The van der Waals surface area contributed by atoms with Gasteiger partial charge in [-0.2, -0.15) is 0 Å². The maximum Gasteiger partial charge on any atom is 0.296 e. The van der Waals surface area contributed by atoms with Gasteiger partial charge in [-0.05, 0) is 41.8 Å². The van der Waals surface area contributed by atoms with E-state index in [4.69, 9.17) is 4.74 Å². The summed E-state index contributed by atoms with van der Waals surface area (Å²) < 4.78 is 5.76. The summed E-state index contributed by atoms with van der Waals surface area (Å²) in [5.74, 6) is -0.00365. The van der Waals surface area contributed by atoms with E-state index in [0.29, 0.717) is 11.3 Å². The Bertz CT molecular complexity index is 1150. The lowest BCUT2D eigenvalue weighted by molar-refractivity contribution is -0.384. The summed E-state index contributed by atoms with van der Waals surface area (Å²) in [6.45, 7) is 3.46. The van der Waals surface area contributed by atoms with Crippen molar-refractivity contribution in [2.75, 3.05) is 5.32 Å². The normalized spacial score (nSPS) is 17.1. The SMILES string of the molecule is CC1(C)Oc2cc([N+](=O)[O-])c(NC(=O)Cc3cccc4ccccc34)cc2CC1O. The lowest BCUT2D eigenvalue weighted by atomic mass is 9.90. The fourth-order valence-electron chi connectivity index (χ4n) is 3.74. The van der Waals surface area contributed by atoms with Crippen LogP contribution in [0.2, 0.25) is 0 Å². The van der Waals surface area contributed by atoms with Gasteiger partial charge in [0.05, 0.1) is 23.5 Å². The Hall–Kier alpha value is -3.45. The van der Waals surface area contributed by atoms with Crippen molar-refractivity contribution >= 4 is 28.1 Å². The standard InChI is InChI=1S/C23H22N2O5/c1-23(2)21(26)11-16-10-18(19(25(28)29)13-20(16)30-23)24-22(27)12-15-8-5-7-14-6-3-4-9-17(14)15/h3-10,13,21,26H,11-12H2,1-2H3,(H,24,27). The number of carbonyl (C=O) groups is 1. The van der Waals surface area contributed by atoms with E-state index in [2.05, 4.69) is 5.32 Å². The Morgan fingerprint density at radius 1 is 1.23 bits per heavy atom. The molecule has 1 heterocycles. The van der Waals surface area contributed by atoms with Crippen molar-refractivity contribution in [1.82, 2.24) is 0 Å². The third kappa shape index (κ3) is 3.71. The molecule has 1 atom stereocenters. The van der Waals surface area contributed by atoms with Crippen molar-refractivity contribution < 1.29 is 19.6 Å². The first-order valence-corrected chi connectivity index (χ1v) is 9.69. The summed E-state index contributed by atoms with van der Waals surface area (Å²) in [4.78, 5) is 23.8. The molecule has 0 saturated heterocycles. The first-order valence-electron chi connectivity index (χ1n) is 9.69. The van der Waals surface area contributed by atoms with E-state index >= 15 is 0 Å². The minimum absolute atomic E-state index is 0.0851. The van der Waals surface area contributed by atoms with E-state index in [1.807, 2.05) is 42.5 Å². The molecule has 1 amide bonds. The van der Waals surface area contributed by atoms with Crippen molar-refractivity contribution in [3.05, 3.63) is 75.8 Å². The van der Waals surface area contributed by atoms with E-state index in [0.717, 1.165) is 16.3 Å². The van der Waals surface area contributed by atoms with E-state index in [9.17, 15) is 20.0 Å². The molecule has 30 heavy (non-hydrogen) atoms. The number of amides is 1. The van der Waals surface area contributed by atoms with Crippen LogP contribution < -0.4 is 10.1 Å². The lowest BCUT2D eigenvalue weighted by Gasteiger charge is -2.37. The van der Waals surface area contributed by atoms with Crippen LogP contribution in [0.5, 0.6) is 5.75 Å². The Kier molecular flexibility index (Phi) is 4.91. The molecule has 1 unspecified atom stereocenters. The molecule has 0 radical (unpaired) electrons. The molecule has 1 aliphatic rings. The molecular weight excluding hydrogens is 384 g/mol. The molecule has 0 fully saturated rings. The number of ether oxygens (including phenoxy) is 1. The number of nitrogens with one attached hydrogen (secondary N) is 1. The summed E-state index contributed by atoms with van der Waals surface area (Å²) in [5, 5.41) is 26.5. The third-order valence-corrected chi connectivity index (χ3v) is 5.47. The van der Waals surface area contributed by atoms with Crippen LogP contribution in [0, 0.1) is 10.1 Å². The monoisotopic (exact) mass is 406 g/mol. The number of nitro benzene ring substituents is 1. The summed E-state index contributed by atoms with van der Waals surface area (Å²) >= 11 is 0. The zero-order valence-electron chi connectivity index (χ0n) is 16.7. The molecule has 1 aliphatic heterocycles. The zero-order chi connectivity index (χ0) is 21.5. The van der Waals surface area contributed by atoms with Gasteiger partial charge in [-0.3, -0.25) is 14.9 Å². The molecule has 2 N–H and O–H groups in total. The number of hydrogen-bond acceptors (Lipinski definition) is 5. The Morgan fingerprint density at radius 3 is 2.73 bits per heavy atom. The number of aliphatic hydroxyl groups excluding tert-OH is 1. The molecule has 3 aromatic carbocycles. The largest absolute Gasteiger partial charge is 0.485 e. The average molecular weight is 406 g/mol. The van der Waals surface area contributed by atoms with Gasteiger partial charge in [0.25, 0.3) is 5.69 Å². The van der Waals surface area contributed by atoms with Crippen LogP contribution in [0.3, 0.4) is 0 Å². The highest BCUT2D eigenvalue weighted by molar-refractivity contribution is 5.97. The summed E-state index contributed by atoms with van der Waals surface area (Å²) in [7, 11) is 0. The number of nitro groups is 1. The maximum absolute atomic E-state index is 12.7. The highest BCUT2D eigenvalue weighted by Gasteiger charge is 2.37. The number of nitrogens with zero attached hydrogens (tertiary/aromatic N) is 1. The second kappa shape index (κ2) is 7.42. The van der Waals surface area contributed by atoms with Gasteiger partial charge in [0.2, 0.25) is 5.91 Å². The third-order valence-electron chi connectivity index (χ3n) is 5.47. The second-order valence-corrected chi connectivity index (χ2v) is 8.02. The number of anilines is 1. The number of carbonyl (C=O) groups excluding carboxylic acids is 1. The van der Waals surface area contributed by atoms with Crippen LogP contribution in [-0.2, 0) is 17.6 Å². The molecular formula is C23H22N2O5. The van der Waals surface area contributed by atoms with Crippen molar-refractivity contribution in [2.24, 2.45) is 0 Å². The minimum Gasteiger partial charge on any atom is -0.485 e.